The number of rotatable bonds is 8. The molecule has 164 valence electrons. The fourth-order valence-corrected chi connectivity index (χ4v) is 2.66. The van der Waals surface area contributed by atoms with Gasteiger partial charge in [-0.2, -0.15) is 0 Å². The van der Waals surface area contributed by atoms with E-state index in [0.717, 1.165) is 11.3 Å². The molecule has 0 spiro atoms. The Labute approximate surface area is 198 Å². The predicted molar refractivity (Wildman–Crippen MR) is 131 cm³/mol. The minimum atomic E-state index is -0.238. The number of nitrogens with zero attached hydrogens (tertiary/aromatic N) is 2. The number of halogens is 2. The molecular formula is C23H26FIN4O2. The van der Waals surface area contributed by atoms with Crippen LogP contribution in [-0.4, -0.2) is 24.6 Å². The number of hydrogen-bond donors (Lipinski definition) is 2. The first-order chi connectivity index (χ1) is 14.7. The van der Waals surface area contributed by atoms with Crippen molar-refractivity contribution in [1.29, 1.82) is 0 Å². The van der Waals surface area contributed by atoms with Gasteiger partial charge in [0.15, 0.2) is 5.96 Å². The first-order valence-corrected chi connectivity index (χ1v) is 9.70. The van der Waals surface area contributed by atoms with Crippen LogP contribution in [-0.2, 0) is 13.1 Å². The van der Waals surface area contributed by atoms with Gasteiger partial charge in [0.2, 0.25) is 5.88 Å². The number of aliphatic imine (C=N–C) groups is 1. The molecule has 0 radical (unpaired) electrons. The molecule has 0 amide bonds. The van der Waals surface area contributed by atoms with Crippen molar-refractivity contribution < 1.29 is 13.9 Å². The maximum Gasteiger partial charge on any atom is 0.219 e. The Bertz CT molecular complexity index is 966. The second kappa shape index (κ2) is 12.7. The summed E-state index contributed by atoms with van der Waals surface area (Å²) in [7, 11) is 1.62. The van der Waals surface area contributed by atoms with Gasteiger partial charge in [0.25, 0.3) is 0 Å². The van der Waals surface area contributed by atoms with Gasteiger partial charge in [-0.1, -0.05) is 24.3 Å². The fourth-order valence-electron chi connectivity index (χ4n) is 2.66. The quantitative estimate of drug-likeness (QED) is 0.244. The van der Waals surface area contributed by atoms with Crippen LogP contribution in [0, 0.1) is 5.82 Å². The van der Waals surface area contributed by atoms with Gasteiger partial charge >= 0.3 is 0 Å². The lowest BCUT2D eigenvalue weighted by Gasteiger charge is -2.12. The molecule has 0 aliphatic rings. The summed E-state index contributed by atoms with van der Waals surface area (Å²) in [5.74, 6) is 2.32. The highest BCUT2D eigenvalue weighted by Crippen LogP contribution is 2.22. The van der Waals surface area contributed by atoms with Crippen LogP contribution in [0.4, 0.5) is 4.39 Å². The maximum absolute atomic E-state index is 13.8. The lowest BCUT2D eigenvalue weighted by Crippen LogP contribution is -2.37. The van der Waals surface area contributed by atoms with E-state index >= 15 is 0 Å². The Morgan fingerprint density at radius 3 is 2.39 bits per heavy atom. The van der Waals surface area contributed by atoms with E-state index < -0.39 is 0 Å². The van der Waals surface area contributed by atoms with E-state index in [1.807, 2.05) is 43.3 Å². The molecule has 2 N–H and O–H groups in total. The molecule has 0 saturated carbocycles. The van der Waals surface area contributed by atoms with Gasteiger partial charge in [0.05, 0.1) is 13.7 Å². The summed E-state index contributed by atoms with van der Waals surface area (Å²) in [6, 6.07) is 17.7. The smallest absolute Gasteiger partial charge is 0.219 e. The summed E-state index contributed by atoms with van der Waals surface area (Å²) >= 11 is 0. The van der Waals surface area contributed by atoms with E-state index in [1.54, 1.807) is 31.5 Å². The molecule has 8 heteroatoms. The number of nitrogens with one attached hydrogen (secondary N) is 2. The highest BCUT2D eigenvalue weighted by atomic mass is 127. The van der Waals surface area contributed by atoms with Crippen molar-refractivity contribution in [3.05, 3.63) is 83.8 Å². The number of guanidine groups is 1. The predicted octanol–water partition coefficient (Wildman–Crippen LogP) is 4.89. The third-order valence-electron chi connectivity index (χ3n) is 4.25. The Balaban J connectivity index is 0.00000341. The van der Waals surface area contributed by atoms with Crippen molar-refractivity contribution >= 4 is 29.9 Å². The molecule has 3 aromatic rings. The van der Waals surface area contributed by atoms with Crippen molar-refractivity contribution in [1.82, 2.24) is 15.6 Å². The third kappa shape index (κ3) is 7.71. The van der Waals surface area contributed by atoms with Gasteiger partial charge in [0.1, 0.15) is 17.3 Å². The average molecular weight is 536 g/mol. The molecule has 1 heterocycles. The average Bonchev–Trinajstić information content (AvgIpc) is 2.78. The molecule has 0 aliphatic heterocycles. The van der Waals surface area contributed by atoms with Crippen molar-refractivity contribution in [2.45, 2.75) is 20.0 Å². The van der Waals surface area contributed by atoms with Crippen molar-refractivity contribution in [3.8, 4) is 17.4 Å². The van der Waals surface area contributed by atoms with Crippen LogP contribution in [0.15, 0.2) is 71.9 Å². The zero-order valence-electron chi connectivity index (χ0n) is 17.5. The summed E-state index contributed by atoms with van der Waals surface area (Å²) in [4.78, 5) is 8.87. The van der Waals surface area contributed by atoms with Gasteiger partial charge in [-0.05, 0) is 42.8 Å². The zero-order chi connectivity index (χ0) is 21.2. The number of pyridine rings is 1. The van der Waals surface area contributed by atoms with Gasteiger partial charge < -0.3 is 20.1 Å². The number of aromatic nitrogens is 1. The largest absolute Gasteiger partial charge is 0.497 e. The zero-order valence-corrected chi connectivity index (χ0v) is 19.8. The van der Waals surface area contributed by atoms with Crippen LogP contribution < -0.4 is 20.1 Å². The normalized spacial score (nSPS) is 10.7. The van der Waals surface area contributed by atoms with Crippen LogP contribution in [0.5, 0.6) is 17.4 Å². The van der Waals surface area contributed by atoms with Crippen LogP contribution in [0.1, 0.15) is 18.1 Å². The van der Waals surface area contributed by atoms with Gasteiger partial charge in [-0.25, -0.2) is 14.4 Å². The Hall–Kier alpha value is -2.88. The highest BCUT2D eigenvalue weighted by Gasteiger charge is 2.04. The topological polar surface area (TPSA) is 67.8 Å². The third-order valence-corrected chi connectivity index (χ3v) is 4.25. The summed E-state index contributed by atoms with van der Waals surface area (Å²) < 4.78 is 24.6. The Morgan fingerprint density at radius 1 is 1.00 bits per heavy atom. The van der Waals surface area contributed by atoms with E-state index in [2.05, 4.69) is 20.6 Å². The first kappa shape index (κ1) is 24.4. The Kier molecular flexibility index (Phi) is 10.0. The molecular weight excluding hydrogens is 510 g/mol. The van der Waals surface area contributed by atoms with Gasteiger partial charge in [-0.15, -0.1) is 24.0 Å². The van der Waals surface area contributed by atoms with Gasteiger partial charge in [-0.3, -0.25) is 0 Å². The molecule has 0 aliphatic carbocycles. The monoisotopic (exact) mass is 536 g/mol. The van der Waals surface area contributed by atoms with Crippen LogP contribution in [0.3, 0.4) is 0 Å². The summed E-state index contributed by atoms with van der Waals surface area (Å²) in [6.07, 6.45) is 1.72. The first-order valence-electron chi connectivity index (χ1n) is 9.70. The van der Waals surface area contributed by atoms with Crippen molar-refractivity contribution in [3.63, 3.8) is 0 Å². The summed E-state index contributed by atoms with van der Waals surface area (Å²) in [6.45, 7) is 3.47. The lowest BCUT2D eigenvalue weighted by molar-refractivity contribution is 0.412. The van der Waals surface area contributed by atoms with E-state index in [1.165, 1.54) is 6.07 Å². The van der Waals surface area contributed by atoms with Crippen molar-refractivity contribution in [2.24, 2.45) is 4.99 Å². The standard InChI is InChI=1S/C23H25FN4O2.HI/c1-3-25-23(28-16-18-6-4-5-7-21(18)24)27-15-17-8-13-22(26-14-17)30-20-11-9-19(29-2)10-12-20;/h4-14H,3,15-16H2,1-2H3,(H2,25,27,28);1H. The molecule has 0 saturated heterocycles. The van der Waals surface area contributed by atoms with Crippen LogP contribution in [0.2, 0.25) is 0 Å². The van der Waals surface area contributed by atoms with E-state index in [9.17, 15) is 4.39 Å². The summed E-state index contributed by atoms with van der Waals surface area (Å²) in [5, 5.41) is 6.30. The summed E-state index contributed by atoms with van der Waals surface area (Å²) in [5.41, 5.74) is 1.52. The molecule has 6 nitrogen and oxygen atoms in total. The molecule has 0 bridgehead atoms. The second-order valence-corrected chi connectivity index (χ2v) is 6.42. The number of ether oxygens (including phenoxy) is 2. The van der Waals surface area contributed by atoms with E-state index in [0.29, 0.717) is 42.8 Å². The minimum absolute atomic E-state index is 0. The van der Waals surface area contributed by atoms with Crippen LogP contribution in [0.25, 0.3) is 0 Å². The number of methoxy groups -OCH3 is 1. The highest BCUT2D eigenvalue weighted by molar-refractivity contribution is 14.0. The minimum Gasteiger partial charge on any atom is -0.497 e. The fraction of sp³-hybridized carbons (Fsp3) is 0.217. The molecule has 2 aromatic carbocycles. The van der Waals surface area contributed by atoms with Crippen molar-refractivity contribution in [2.75, 3.05) is 13.7 Å². The second-order valence-electron chi connectivity index (χ2n) is 6.42. The molecule has 3 rings (SSSR count). The SMILES string of the molecule is CCNC(=NCc1ccc(Oc2ccc(OC)cc2)nc1)NCc1ccccc1F.I. The molecule has 31 heavy (non-hydrogen) atoms. The maximum atomic E-state index is 13.8. The molecule has 0 fully saturated rings. The van der Waals surface area contributed by atoms with Gasteiger partial charge in [0, 0.05) is 30.9 Å². The van der Waals surface area contributed by atoms with Crippen LogP contribution >= 0.6 is 24.0 Å². The lowest BCUT2D eigenvalue weighted by atomic mass is 10.2. The van der Waals surface area contributed by atoms with E-state index in [4.69, 9.17) is 9.47 Å². The number of benzene rings is 2. The Morgan fingerprint density at radius 2 is 1.74 bits per heavy atom. The molecule has 0 unspecified atom stereocenters. The molecule has 1 aromatic heterocycles. The van der Waals surface area contributed by atoms with E-state index in [-0.39, 0.29) is 29.8 Å². The number of hydrogen-bond acceptors (Lipinski definition) is 4. The molecule has 0 atom stereocenters.